The first kappa shape index (κ1) is 15.0. The Labute approximate surface area is 114 Å². The van der Waals surface area contributed by atoms with Crippen molar-refractivity contribution in [3.63, 3.8) is 0 Å². The summed E-state index contributed by atoms with van der Waals surface area (Å²) in [6.07, 6.45) is 0. The number of hydrogen-bond acceptors (Lipinski definition) is 4. The molecule has 0 radical (unpaired) electrons. The molecule has 0 fully saturated rings. The average Bonchev–Trinajstić information content (AvgIpc) is 2.42. The van der Waals surface area contributed by atoms with Crippen molar-refractivity contribution >= 4 is 5.91 Å². The summed E-state index contributed by atoms with van der Waals surface area (Å²) in [6.45, 7) is 1.40. The molecule has 0 saturated carbocycles. The van der Waals surface area contributed by atoms with E-state index in [0.29, 0.717) is 17.9 Å². The van der Waals surface area contributed by atoms with Gasteiger partial charge in [0, 0.05) is 20.1 Å². The standard InChI is InChI=1S/C14H19N3O2/c1-16(2)8-9-17(3)14(18)11-19-13-7-5-4-6-12(13)10-15/h4-7H,8-9,11H2,1-3H3. The zero-order valence-corrected chi connectivity index (χ0v) is 11.6. The molecule has 0 aliphatic heterocycles. The van der Waals surface area contributed by atoms with E-state index in [1.807, 2.05) is 25.1 Å². The van der Waals surface area contributed by atoms with Crippen LogP contribution in [0.3, 0.4) is 0 Å². The first-order valence-electron chi connectivity index (χ1n) is 6.05. The SMILES string of the molecule is CN(C)CCN(C)C(=O)COc1ccccc1C#N. The Morgan fingerprint density at radius 1 is 1.26 bits per heavy atom. The summed E-state index contributed by atoms with van der Waals surface area (Å²) < 4.78 is 5.39. The van der Waals surface area contributed by atoms with Crippen LogP contribution < -0.4 is 4.74 Å². The molecule has 19 heavy (non-hydrogen) atoms. The number of benzene rings is 1. The van der Waals surface area contributed by atoms with Crippen molar-refractivity contribution in [1.82, 2.24) is 9.80 Å². The Morgan fingerprint density at radius 3 is 2.58 bits per heavy atom. The lowest BCUT2D eigenvalue weighted by Gasteiger charge is -2.19. The molecule has 0 N–H and O–H groups in total. The molecule has 1 aromatic rings. The van der Waals surface area contributed by atoms with Crippen LogP contribution in [0, 0.1) is 11.3 Å². The number of rotatable bonds is 6. The highest BCUT2D eigenvalue weighted by molar-refractivity contribution is 5.77. The zero-order valence-electron chi connectivity index (χ0n) is 11.6. The molecule has 0 heterocycles. The van der Waals surface area contributed by atoms with Gasteiger partial charge in [-0.3, -0.25) is 4.79 Å². The molecular weight excluding hydrogens is 242 g/mol. The summed E-state index contributed by atoms with van der Waals surface area (Å²) in [7, 11) is 5.65. The van der Waals surface area contributed by atoms with Crippen molar-refractivity contribution in [1.29, 1.82) is 5.26 Å². The predicted molar refractivity (Wildman–Crippen MR) is 72.8 cm³/mol. The fourth-order valence-electron chi connectivity index (χ4n) is 1.41. The fraction of sp³-hybridized carbons (Fsp3) is 0.429. The number of nitriles is 1. The van der Waals surface area contributed by atoms with Crippen LogP contribution in [0.4, 0.5) is 0 Å². The first-order chi connectivity index (χ1) is 9.04. The summed E-state index contributed by atoms with van der Waals surface area (Å²) in [6, 6.07) is 8.92. The van der Waals surface area contributed by atoms with E-state index < -0.39 is 0 Å². The first-order valence-corrected chi connectivity index (χ1v) is 6.05. The quantitative estimate of drug-likeness (QED) is 0.765. The number of hydrogen-bond donors (Lipinski definition) is 0. The van der Waals surface area contributed by atoms with Crippen molar-refractivity contribution in [3.05, 3.63) is 29.8 Å². The van der Waals surface area contributed by atoms with Crippen molar-refractivity contribution < 1.29 is 9.53 Å². The third kappa shape index (κ3) is 4.98. The van der Waals surface area contributed by atoms with Crippen LogP contribution >= 0.6 is 0 Å². The van der Waals surface area contributed by atoms with E-state index in [0.717, 1.165) is 6.54 Å². The number of ether oxygens (including phenoxy) is 1. The highest BCUT2D eigenvalue weighted by Crippen LogP contribution is 2.16. The van der Waals surface area contributed by atoms with Gasteiger partial charge < -0.3 is 14.5 Å². The van der Waals surface area contributed by atoms with E-state index >= 15 is 0 Å². The van der Waals surface area contributed by atoms with Crippen molar-refractivity contribution in [2.24, 2.45) is 0 Å². The van der Waals surface area contributed by atoms with Gasteiger partial charge in [0.1, 0.15) is 11.8 Å². The molecule has 5 nitrogen and oxygen atoms in total. The van der Waals surface area contributed by atoms with Crippen molar-refractivity contribution in [2.75, 3.05) is 40.8 Å². The Bertz CT molecular complexity index is 466. The van der Waals surface area contributed by atoms with Crippen LogP contribution in [-0.4, -0.2) is 56.5 Å². The third-order valence-electron chi connectivity index (χ3n) is 2.67. The minimum atomic E-state index is -0.102. The van der Waals surface area contributed by atoms with Crippen LogP contribution in [0.2, 0.25) is 0 Å². The monoisotopic (exact) mass is 261 g/mol. The summed E-state index contributed by atoms with van der Waals surface area (Å²) >= 11 is 0. The number of carbonyl (C=O) groups is 1. The largest absolute Gasteiger partial charge is 0.482 e. The predicted octanol–water partition coefficient (Wildman–Crippen LogP) is 0.957. The Balaban J connectivity index is 2.48. The molecule has 1 aromatic carbocycles. The van der Waals surface area contributed by atoms with E-state index in [4.69, 9.17) is 10.00 Å². The number of likely N-dealkylation sites (N-methyl/N-ethyl adjacent to an activating group) is 2. The molecule has 1 rings (SSSR count). The normalized spacial score (nSPS) is 10.1. The van der Waals surface area contributed by atoms with Crippen LogP contribution in [0.15, 0.2) is 24.3 Å². The minimum absolute atomic E-state index is 0.0530. The number of para-hydroxylation sites is 1. The van der Waals surface area contributed by atoms with E-state index in [9.17, 15) is 4.79 Å². The van der Waals surface area contributed by atoms with Gasteiger partial charge in [0.2, 0.25) is 0 Å². The molecular formula is C14H19N3O2. The maximum Gasteiger partial charge on any atom is 0.260 e. The van der Waals surface area contributed by atoms with E-state index in [-0.39, 0.29) is 12.5 Å². The van der Waals surface area contributed by atoms with Gasteiger partial charge in [-0.15, -0.1) is 0 Å². The Morgan fingerprint density at radius 2 is 1.95 bits per heavy atom. The van der Waals surface area contributed by atoms with Gasteiger partial charge in [-0.2, -0.15) is 5.26 Å². The number of nitrogens with zero attached hydrogens (tertiary/aromatic N) is 3. The summed E-state index contributed by atoms with van der Waals surface area (Å²) in [5.41, 5.74) is 0.436. The second kappa shape index (κ2) is 7.39. The van der Waals surface area contributed by atoms with E-state index in [2.05, 4.69) is 0 Å². The Kier molecular flexibility index (Phi) is 5.83. The molecule has 0 unspecified atom stereocenters. The van der Waals surface area contributed by atoms with Gasteiger partial charge in [-0.25, -0.2) is 0 Å². The smallest absolute Gasteiger partial charge is 0.260 e. The molecule has 0 spiro atoms. The second-order valence-corrected chi connectivity index (χ2v) is 4.52. The van der Waals surface area contributed by atoms with Gasteiger partial charge in [0.25, 0.3) is 5.91 Å². The molecule has 0 saturated heterocycles. The molecule has 0 atom stereocenters. The molecule has 0 aromatic heterocycles. The lowest BCUT2D eigenvalue weighted by molar-refractivity contribution is -0.132. The number of carbonyl (C=O) groups excluding carboxylic acids is 1. The van der Waals surface area contributed by atoms with E-state index in [1.165, 1.54) is 0 Å². The van der Waals surface area contributed by atoms with E-state index in [1.54, 1.807) is 36.2 Å². The molecule has 0 aliphatic carbocycles. The molecule has 0 aliphatic rings. The maximum atomic E-state index is 11.8. The summed E-state index contributed by atoms with van der Waals surface area (Å²) in [5.74, 6) is 0.342. The topological polar surface area (TPSA) is 56.6 Å². The maximum absolute atomic E-state index is 11.8. The molecule has 0 bridgehead atoms. The third-order valence-corrected chi connectivity index (χ3v) is 2.67. The highest BCUT2D eigenvalue weighted by Gasteiger charge is 2.11. The number of amides is 1. The minimum Gasteiger partial charge on any atom is -0.482 e. The average molecular weight is 261 g/mol. The molecule has 102 valence electrons. The van der Waals surface area contributed by atoms with Crippen LogP contribution in [0.5, 0.6) is 5.75 Å². The second-order valence-electron chi connectivity index (χ2n) is 4.52. The fourth-order valence-corrected chi connectivity index (χ4v) is 1.41. The zero-order chi connectivity index (χ0) is 14.3. The van der Waals surface area contributed by atoms with Gasteiger partial charge in [-0.05, 0) is 26.2 Å². The van der Waals surface area contributed by atoms with Crippen LogP contribution in [-0.2, 0) is 4.79 Å². The van der Waals surface area contributed by atoms with Gasteiger partial charge >= 0.3 is 0 Å². The van der Waals surface area contributed by atoms with Crippen molar-refractivity contribution in [2.45, 2.75) is 0 Å². The van der Waals surface area contributed by atoms with Gasteiger partial charge in [0.05, 0.1) is 5.56 Å². The van der Waals surface area contributed by atoms with Crippen molar-refractivity contribution in [3.8, 4) is 11.8 Å². The lowest BCUT2D eigenvalue weighted by atomic mass is 10.2. The van der Waals surface area contributed by atoms with Gasteiger partial charge in [0.15, 0.2) is 6.61 Å². The lowest BCUT2D eigenvalue weighted by Crippen LogP contribution is -2.36. The summed E-state index contributed by atoms with van der Waals surface area (Å²) in [5, 5.41) is 8.91. The highest BCUT2D eigenvalue weighted by atomic mass is 16.5. The molecule has 1 amide bonds. The van der Waals surface area contributed by atoms with Crippen LogP contribution in [0.25, 0.3) is 0 Å². The van der Waals surface area contributed by atoms with Crippen LogP contribution in [0.1, 0.15) is 5.56 Å². The Hall–Kier alpha value is -2.06. The van der Waals surface area contributed by atoms with Gasteiger partial charge in [-0.1, -0.05) is 12.1 Å². The molecule has 5 heteroatoms. The summed E-state index contributed by atoms with van der Waals surface area (Å²) in [4.78, 5) is 15.5.